The first-order valence-electron chi connectivity index (χ1n) is 7.17. The molecule has 2 N–H and O–H groups in total. The van der Waals surface area contributed by atoms with Crippen molar-refractivity contribution in [1.82, 2.24) is 5.32 Å². The van der Waals surface area contributed by atoms with Crippen LogP contribution in [0.4, 0.5) is 0 Å². The lowest BCUT2D eigenvalue weighted by atomic mass is 10.1. The Hall–Kier alpha value is -1.49. The fourth-order valence-corrected chi connectivity index (χ4v) is 2.97. The highest BCUT2D eigenvalue weighted by Gasteiger charge is 2.21. The average molecular weight is 309 g/mol. The molecule has 1 rings (SSSR count). The fraction of sp³-hybridized carbons (Fsp3) is 0.500. The molecule has 4 nitrogen and oxygen atoms in total. The maximum atomic E-state index is 12.1. The predicted molar refractivity (Wildman–Crippen MR) is 86.9 cm³/mol. The standard InChI is InChI=1S/C16H23NO3S/c1-4-21-14(11(2)3)15(18)17-10-9-12-5-7-13(8-6-12)16(19)20/h5-8,11,14H,4,9-10H2,1-3H3,(H,17,18)(H,19,20). The molecule has 0 aromatic heterocycles. The van der Waals surface area contributed by atoms with E-state index in [0.29, 0.717) is 18.9 Å². The van der Waals surface area contributed by atoms with E-state index in [1.54, 1.807) is 36.0 Å². The molecule has 0 radical (unpaired) electrons. The van der Waals surface area contributed by atoms with Gasteiger partial charge in [0.2, 0.25) is 5.91 Å². The normalized spacial score (nSPS) is 12.2. The summed E-state index contributed by atoms with van der Waals surface area (Å²) < 4.78 is 0. The van der Waals surface area contributed by atoms with Crippen LogP contribution in [0.3, 0.4) is 0 Å². The van der Waals surface area contributed by atoms with E-state index in [-0.39, 0.29) is 16.7 Å². The Labute approximate surface area is 130 Å². The lowest BCUT2D eigenvalue weighted by Gasteiger charge is -2.19. The lowest BCUT2D eigenvalue weighted by molar-refractivity contribution is -0.121. The van der Waals surface area contributed by atoms with Crippen LogP contribution < -0.4 is 5.32 Å². The fourth-order valence-electron chi connectivity index (χ4n) is 2.00. The summed E-state index contributed by atoms with van der Waals surface area (Å²) in [4.78, 5) is 22.9. The number of amides is 1. The zero-order chi connectivity index (χ0) is 15.8. The molecule has 5 heteroatoms. The first kappa shape index (κ1) is 17.6. The number of hydrogen-bond donors (Lipinski definition) is 2. The van der Waals surface area contributed by atoms with Gasteiger partial charge in [-0.1, -0.05) is 32.9 Å². The van der Waals surface area contributed by atoms with E-state index in [0.717, 1.165) is 11.3 Å². The van der Waals surface area contributed by atoms with E-state index in [1.807, 2.05) is 0 Å². The summed E-state index contributed by atoms with van der Waals surface area (Å²) in [5.41, 5.74) is 1.30. The number of benzene rings is 1. The Morgan fingerprint density at radius 2 is 1.86 bits per heavy atom. The number of carbonyl (C=O) groups is 2. The minimum absolute atomic E-state index is 0.00983. The highest BCUT2D eigenvalue weighted by Crippen LogP contribution is 2.19. The highest BCUT2D eigenvalue weighted by molar-refractivity contribution is 8.00. The van der Waals surface area contributed by atoms with E-state index in [9.17, 15) is 9.59 Å². The molecular formula is C16H23NO3S. The molecule has 1 aromatic carbocycles. The number of thioether (sulfide) groups is 1. The highest BCUT2D eigenvalue weighted by atomic mass is 32.2. The third-order valence-electron chi connectivity index (χ3n) is 3.12. The van der Waals surface area contributed by atoms with Gasteiger partial charge in [-0.15, -0.1) is 11.8 Å². The Balaban J connectivity index is 2.45. The van der Waals surface area contributed by atoms with E-state index >= 15 is 0 Å². The number of carboxylic acid groups (broad SMARTS) is 1. The molecule has 0 aliphatic carbocycles. The van der Waals surface area contributed by atoms with Gasteiger partial charge in [-0.05, 0) is 35.8 Å². The SMILES string of the molecule is CCSC(C(=O)NCCc1ccc(C(=O)O)cc1)C(C)C. The quantitative estimate of drug-likeness (QED) is 0.775. The first-order valence-corrected chi connectivity index (χ1v) is 8.22. The summed E-state index contributed by atoms with van der Waals surface area (Å²) in [7, 11) is 0. The first-order chi connectivity index (χ1) is 9.95. The van der Waals surface area contributed by atoms with Crippen LogP contribution in [-0.2, 0) is 11.2 Å². The lowest BCUT2D eigenvalue weighted by Crippen LogP contribution is -2.37. The van der Waals surface area contributed by atoms with Gasteiger partial charge < -0.3 is 10.4 Å². The van der Waals surface area contributed by atoms with Crippen molar-refractivity contribution < 1.29 is 14.7 Å². The summed E-state index contributed by atoms with van der Waals surface area (Å²) >= 11 is 1.67. The average Bonchev–Trinajstić information content (AvgIpc) is 2.44. The number of carboxylic acids is 1. The third-order valence-corrected chi connectivity index (χ3v) is 4.57. The van der Waals surface area contributed by atoms with Gasteiger partial charge in [0.05, 0.1) is 10.8 Å². The number of carbonyl (C=O) groups excluding carboxylic acids is 1. The van der Waals surface area contributed by atoms with Crippen LogP contribution in [0.25, 0.3) is 0 Å². The van der Waals surface area contributed by atoms with Crippen molar-refractivity contribution in [3.05, 3.63) is 35.4 Å². The van der Waals surface area contributed by atoms with Gasteiger partial charge >= 0.3 is 5.97 Å². The molecule has 0 saturated heterocycles. The molecule has 0 fully saturated rings. The molecule has 0 heterocycles. The van der Waals surface area contributed by atoms with Gasteiger partial charge in [-0.25, -0.2) is 4.79 Å². The molecule has 21 heavy (non-hydrogen) atoms. The van der Waals surface area contributed by atoms with Crippen molar-refractivity contribution in [3.63, 3.8) is 0 Å². The Kier molecular flexibility index (Phi) is 7.29. The van der Waals surface area contributed by atoms with E-state index in [4.69, 9.17) is 5.11 Å². The molecule has 0 bridgehead atoms. The van der Waals surface area contributed by atoms with Crippen molar-refractivity contribution in [2.45, 2.75) is 32.4 Å². The summed E-state index contributed by atoms with van der Waals surface area (Å²) in [6.45, 7) is 6.73. The molecule has 0 aliphatic rings. The maximum Gasteiger partial charge on any atom is 0.335 e. The summed E-state index contributed by atoms with van der Waals surface area (Å²) in [5, 5.41) is 11.8. The topological polar surface area (TPSA) is 66.4 Å². The minimum Gasteiger partial charge on any atom is -0.478 e. The number of rotatable bonds is 8. The van der Waals surface area contributed by atoms with Crippen LogP contribution in [0, 0.1) is 5.92 Å². The second-order valence-electron chi connectivity index (χ2n) is 5.16. The zero-order valence-electron chi connectivity index (χ0n) is 12.8. The van der Waals surface area contributed by atoms with E-state index in [1.165, 1.54) is 0 Å². The Bertz CT molecular complexity index is 471. The van der Waals surface area contributed by atoms with Crippen LogP contribution in [0.1, 0.15) is 36.7 Å². The summed E-state index contributed by atoms with van der Waals surface area (Å²) in [5.74, 6) is 0.391. The zero-order valence-corrected chi connectivity index (χ0v) is 13.6. The molecule has 116 valence electrons. The smallest absolute Gasteiger partial charge is 0.335 e. The number of nitrogens with one attached hydrogen (secondary N) is 1. The molecule has 1 amide bonds. The van der Waals surface area contributed by atoms with Gasteiger partial charge in [0.25, 0.3) is 0 Å². The van der Waals surface area contributed by atoms with Crippen molar-refractivity contribution in [2.75, 3.05) is 12.3 Å². The van der Waals surface area contributed by atoms with Crippen LogP contribution in [-0.4, -0.2) is 34.5 Å². The van der Waals surface area contributed by atoms with E-state index < -0.39 is 5.97 Å². The minimum atomic E-state index is -0.925. The molecular weight excluding hydrogens is 286 g/mol. The summed E-state index contributed by atoms with van der Waals surface area (Å²) in [6, 6.07) is 6.75. The predicted octanol–water partition coefficient (Wildman–Crippen LogP) is 2.82. The van der Waals surface area contributed by atoms with Gasteiger partial charge in [0.1, 0.15) is 0 Å². The summed E-state index contributed by atoms with van der Waals surface area (Å²) in [6.07, 6.45) is 0.702. The van der Waals surface area contributed by atoms with Crippen molar-refractivity contribution in [1.29, 1.82) is 0 Å². The van der Waals surface area contributed by atoms with Gasteiger partial charge in [0, 0.05) is 6.54 Å². The second-order valence-corrected chi connectivity index (χ2v) is 6.58. The molecule has 0 aliphatic heterocycles. The van der Waals surface area contributed by atoms with Gasteiger partial charge in [0.15, 0.2) is 0 Å². The number of hydrogen-bond acceptors (Lipinski definition) is 3. The van der Waals surface area contributed by atoms with Gasteiger partial charge in [-0.3, -0.25) is 4.79 Å². The van der Waals surface area contributed by atoms with Crippen LogP contribution in [0.2, 0.25) is 0 Å². The van der Waals surface area contributed by atoms with E-state index in [2.05, 4.69) is 26.1 Å². The molecule has 1 unspecified atom stereocenters. The molecule has 1 aromatic rings. The molecule has 0 spiro atoms. The number of aromatic carboxylic acids is 1. The second kappa shape index (κ2) is 8.72. The van der Waals surface area contributed by atoms with Crippen molar-refractivity contribution in [3.8, 4) is 0 Å². The molecule has 1 atom stereocenters. The van der Waals surface area contributed by atoms with Crippen LogP contribution >= 0.6 is 11.8 Å². The molecule has 0 saturated carbocycles. The third kappa shape index (κ3) is 5.79. The Morgan fingerprint density at radius 1 is 1.24 bits per heavy atom. The largest absolute Gasteiger partial charge is 0.478 e. The van der Waals surface area contributed by atoms with Crippen molar-refractivity contribution in [2.24, 2.45) is 5.92 Å². The van der Waals surface area contributed by atoms with Crippen molar-refractivity contribution >= 4 is 23.6 Å². The monoisotopic (exact) mass is 309 g/mol. The van der Waals surface area contributed by atoms with Gasteiger partial charge in [-0.2, -0.15) is 0 Å². The Morgan fingerprint density at radius 3 is 2.33 bits per heavy atom. The van der Waals surface area contributed by atoms with Crippen LogP contribution in [0.5, 0.6) is 0 Å². The maximum absolute atomic E-state index is 12.1. The van der Waals surface area contributed by atoms with Crippen LogP contribution in [0.15, 0.2) is 24.3 Å².